The Kier molecular flexibility index (Phi) is 3.93. The van der Waals surface area contributed by atoms with E-state index in [2.05, 4.69) is 4.98 Å². The second kappa shape index (κ2) is 6.39. The van der Waals surface area contributed by atoms with Gasteiger partial charge in [0.2, 0.25) is 0 Å². The third kappa shape index (κ3) is 2.98. The lowest BCUT2D eigenvalue weighted by atomic mass is 10.1. The summed E-state index contributed by atoms with van der Waals surface area (Å²) in [6, 6.07) is 12.3. The molecular weight excluding hydrogens is 320 g/mol. The Balaban J connectivity index is 1.52. The van der Waals surface area contributed by atoms with Crippen LogP contribution in [0.4, 0.5) is 0 Å². The van der Waals surface area contributed by atoms with E-state index in [9.17, 15) is 9.59 Å². The zero-order valence-electron chi connectivity index (χ0n) is 13.5. The predicted octanol–water partition coefficient (Wildman–Crippen LogP) is 2.44. The highest BCUT2D eigenvalue weighted by Crippen LogP contribution is 2.31. The van der Waals surface area contributed by atoms with Gasteiger partial charge >= 0.3 is 0 Å². The molecule has 0 atom stereocenters. The molecule has 4 rings (SSSR count). The number of benzene rings is 2. The molecule has 0 radical (unpaired) electrons. The number of rotatable bonds is 4. The number of carbonyl (C=O) groups excluding carboxylic acids is 1. The number of fused-ring (bicyclic) bond motifs is 2. The smallest absolute Gasteiger partial charge is 0.261 e. The Morgan fingerprint density at radius 1 is 1.08 bits per heavy atom. The highest BCUT2D eigenvalue weighted by Gasteiger charge is 2.15. The number of aryl methyl sites for hydroxylation is 1. The molecule has 3 aromatic rings. The quantitative estimate of drug-likeness (QED) is 0.685. The largest absolute Gasteiger partial charge is 0.486 e. The van der Waals surface area contributed by atoms with Crippen LogP contribution in [0.2, 0.25) is 0 Å². The van der Waals surface area contributed by atoms with Crippen LogP contribution in [0.1, 0.15) is 16.8 Å². The van der Waals surface area contributed by atoms with Crippen molar-refractivity contribution in [2.24, 2.45) is 0 Å². The molecule has 0 saturated heterocycles. The zero-order valence-corrected chi connectivity index (χ0v) is 13.5. The molecule has 25 heavy (non-hydrogen) atoms. The maximum atomic E-state index is 12.4. The summed E-state index contributed by atoms with van der Waals surface area (Å²) in [6.07, 6.45) is 1.70. The summed E-state index contributed by atoms with van der Waals surface area (Å²) in [5.74, 6) is 1.18. The molecule has 6 heteroatoms. The van der Waals surface area contributed by atoms with Crippen LogP contribution in [0.5, 0.6) is 11.5 Å². The molecule has 0 amide bonds. The van der Waals surface area contributed by atoms with Crippen molar-refractivity contribution in [3.63, 3.8) is 0 Å². The van der Waals surface area contributed by atoms with Crippen molar-refractivity contribution in [3.05, 3.63) is 64.7 Å². The van der Waals surface area contributed by atoms with Crippen LogP contribution in [0.3, 0.4) is 0 Å². The molecule has 2 heterocycles. The molecule has 0 N–H and O–H groups in total. The van der Waals surface area contributed by atoms with E-state index >= 15 is 0 Å². The Morgan fingerprint density at radius 2 is 1.88 bits per heavy atom. The van der Waals surface area contributed by atoms with Gasteiger partial charge in [-0.05, 0) is 30.3 Å². The molecule has 0 fully saturated rings. The first kappa shape index (κ1) is 15.4. The van der Waals surface area contributed by atoms with Crippen molar-refractivity contribution >= 4 is 16.7 Å². The molecule has 0 unspecified atom stereocenters. The number of Topliss-reactive ketones (excluding diaryl/α,β-unsaturated/α-hetero) is 1. The lowest BCUT2D eigenvalue weighted by molar-refractivity contribution is 0.0975. The SMILES string of the molecule is O=C(CCn1cnc2ccccc2c1=O)c1ccc2c(c1)OCCO2. The van der Waals surface area contributed by atoms with Gasteiger partial charge in [-0.15, -0.1) is 0 Å². The second-order valence-corrected chi connectivity index (χ2v) is 5.79. The van der Waals surface area contributed by atoms with Crippen molar-refractivity contribution in [2.75, 3.05) is 13.2 Å². The van der Waals surface area contributed by atoms with Crippen LogP contribution in [-0.4, -0.2) is 28.5 Å². The standard InChI is InChI=1S/C19H16N2O4/c22-16(13-5-6-17-18(11-13)25-10-9-24-17)7-8-21-12-20-15-4-2-1-3-14(15)19(21)23/h1-6,11-12H,7-10H2. The topological polar surface area (TPSA) is 70.4 Å². The molecule has 0 aliphatic carbocycles. The molecule has 2 aromatic carbocycles. The molecular formula is C19H16N2O4. The Hall–Kier alpha value is -3.15. The number of hydrogen-bond donors (Lipinski definition) is 0. The highest BCUT2D eigenvalue weighted by atomic mass is 16.6. The molecule has 0 bridgehead atoms. The maximum absolute atomic E-state index is 12.4. The van der Waals surface area contributed by atoms with Crippen molar-refractivity contribution in [3.8, 4) is 11.5 Å². The van der Waals surface area contributed by atoms with Crippen molar-refractivity contribution in [1.82, 2.24) is 9.55 Å². The number of hydrogen-bond acceptors (Lipinski definition) is 5. The fourth-order valence-corrected chi connectivity index (χ4v) is 2.85. The van der Waals surface area contributed by atoms with Gasteiger partial charge in [0, 0.05) is 18.5 Å². The highest BCUT2D eigenvalue weighted by molar-refractivity contribution is 5.96. The van der Waals surface area contributed by atoms with E-state index in [1.54, 1.807) is 36.4 Å². The van der Waals surface area contributed by atoms with E-state index in [0.29, 0.717) is 41.2 Å². The number of ether oxygens (including phenoxy) is 2. The minimum absolute atomic E-state index is 0.0583. The van der Waals surface area contributed by atoms with Gasteiger partial charge in [-0.3, -0.25) is 14.2 Å². The first-order chi connectivity index (χ1) is 12.2. The summed E-state index contributed by atoms with van der Waals surface area (Å²) in [7, 11) is 0. The zero-order chi connectivity index (χ0) is 17.2. The second-order valence-electron chi connectivity index (χ2n) is 5.79. The predicted molar refractivity (Wildman–Crippen MR) is 92.4 cm³/mol. The number of aromatic nitrogens is 2. The number of para-hydroxylation sites is 1. The molecule has 1 aliphatic heterocycles. The summed E-state index contributed by atoms with van der Waals surface area (Å²) in [6.45, 7) is 1.27. The molecule has 6 nitrogen and oxygen atoms in total. The normalized spacial score (nSPS) is 13.0. The number of ketones is 1. The van der Waals surface area contributed by atoms with E-state index in [4.69, 9.17) is 9.47 Å². The number of nitrogens with zero attached hydrogens (tertiary/aromatic N) is 2. The lowest BCUT2D eigenvalue weighted by Gasteiger charge is -2.18. The van der Waals surface area contributed by atoms with E-state index in [0.717, 1.165) is 0 Å². The Labute approximate surface area is 143 Å². The van der Waals surface area contributed by atoms with Gasteiger partial charge in [0.15, 0.2) is 17.3 Å². The fourth-order valence-electron chi connectivity index (χ4n) is 2.85. The van der Waals surface area contributed by atoms with E-state index in [1.165, 1.54) is 10.9 Å². The molecule has 1 aliphatic rings. The van der Waals surface area contributed by atoms with Crippen LogP contribution in [0.15, 0.2) is 53.6 Å². The van der Waals surface area contributed by atoms with E-state index in [1.807, 2.05) is 6.07 Å². The Morgan fingerprint density at radius 3 is 2.76 bits per heavy atom. The van der Waals surface area contributed by atoms with Gasteiger partial charge in [0.05, 0.1) is 17.2 Å². The average molecular weight is 336 g/mol. The van der Waals surface area contributed by atoms with E-state index in [-0.39, 0.29) is 24.3 Å². The fraction of sp³-hybridized carbons (Fsp3) is 0.211. The van der Waals surface area contributed by atoms with Crippen LogP contribution >= 0.6 is 0 Å². The van der Waals surface area contributed by atoms with Gasteiger partial charge in [-0.25, -0.2) is 4.98 Å². The summed E-state index contributed by atoms with van der Waals surface area (Å²) < 4.78 is 12.4. The molecule has 0 saturated carbocycles. The van der Waals surface area contributed by atoms with Gasteiger partial charge in [0.25, 0.3) is 5.56 Å². The maximum Gasteiger partial charge on any atom is 0.261 e. The van der Waals surface area contributed by atoms with Crippen LogP contribution in [-0.2, 0) is 6.54 Å². The van der Waals surface area contributed by atoms with Crippen molar-refractivity contribution in [2.45, 2.75) is 13.0 Å². The van der Waals surface area contributed by atoms with Gasteiger partial charge < -0.3 is 9.47 Å². The minimum Gasteiger partial charge on any atom is -0.486 e. The lowest BCUT2D eigenvalue weighted by Crippen LogP contribution is -2.22. The number of carbonyl (C=O) groups is 1. The van der Waals surface area contributed by atoms with Crippen molar-refractivity contribution < 1.29 is 14.3 Å². The minimum atomic E-state index is -0.138. The first-order valence-corrected chi connectivity index (χ1v) is 8.09. The third-order valence-corrected chi connectivity index (χ3v) is 4.18. The monoisotopic (exact) mass is 336 g/mol. The first-order valence-electron chi connectivity index (χ1n) is 8.09. The van der Waals surface area contributed by atoms with Gasteiger partial charge in [0.1, 0.15) is 13.2 Å². The van der Waals surface area contributed by atoms with Crippen molar-refractivity contribution in [1.29, 1.82) is 0 Å². The summed E-state index contributed by atoms with van der Waals surface area (Å²) in [5, 5.41) is 0.553. The van der Waals surface area contributed by atoms with Crippen LogP contribution < -0.4 is 15.0 Å². The van der Waals surface area contributed by atoms with Crippen LogP contribution in [0, 0.1) is 0 Å². The van der Waals surface area contributed by atoms with Gasteiger partial charge in [-0.1, -0.05) is 12.1 Å². The molecule has 126 valence electrons. The van der Waals surface area contributed by atoms with Crippen LogP contribution in [0.25, 0.3) is 10.9 Å². The third-order valence-electron chi connectivity index (χ3n) is 4.18. The molecule has 1 aromatic heterocycles. The van der Waals surface area contributed by atoms with Gasteiger partial charge in [-0.2, -0.15) is 0 Å². The van der Waals surface area contributed by atoms with E-state index < -0.39 is 0 Å². The average Bonchev–Trinajstić information content (AvgIpc) is 2.67. The Bertz CT molecular complexity index is 1010. The summed E-state index contributed by atoms with van der Waals surface area (Å²) in [4.78, 5) is 29.2. The molecule has 0 spiro atoms. The summed E-state index contributed by atoms with van der Waals surface area (Å²) in [5.41, 5.74) is 1.06. The summed E-state index contributed by atoms with van der Waals surface area (Å²) >= 11 is 0.